The number of hydrogen-bond donors (Lipinski definition) is 5. The van der Waals surface area contributed by atoms with Crippen LogP contribution >= 0.6 is 0 Å². The first-order chi connectivity index (χ1) is 11.9. The molecule has 136 valence electrons. The number of nitrogens with two attached hydrogens (primary N) is 2. The van der Waals surface area contributed by atoms with Gasteiger partial charge < -0.3 is 37.8 Å². The van der Waals surface area contributed by atoms with Crippen molar-refractivity contribution in [1.82, 2.24) is 16.5 Å². The van der Waals surface area contributed by atoms with Crippen LogP contribution < -0.4 is 28.0 Å². The van der Waals surface area contributed by atoms with Crippen LogP contribution in [0.25, 0.3) is 10.9 Å². The number of primary amides is 1. The second kappa shape index (κ2) is 8.81. The summed E-state index contributed by atoms with van der Waals surface area (Å²) >= 11 is 0. The Balaban J connectivity index is 0.00000338. The number of benzene rings is 1. The summed E-state index contributed by atoms with van der Waals surface area (Å²) in [5, 5.41) is 14.6. The van der Waals surface area contributed by atoms with Crippen molar-refractivity contribution in [3.8, 4) is 0 Å². The first-order valence-electron chi connectivity index (χ1n) is 7.94. The number of aromatic nitrogens is 1. The Labute approximate surface area is 145 Å². The van der Waals surface area contributed by atoms with Crippen molar-refractivity contribution in [2.24, 2.45) is 11.5 Å². The van der Waals surface area contributed by atoms with Crippen LogP contribution in [-0.4, -0.2) is 34.9 Å². The van der Waals surface area contributed by atoms with E-state index < -0.39 is 29.9 Å². The number of rotatable bonds is 9. The second-order valence-electron chi connectivity index (χ2n) is 5.50. The highest BCUT2D eigenvalue weighted by molar-refractivity contribution is 5.86. The van der Waals surface area contributed by atoms with Crippen molar-refractivity contribution in [2.45, 2.75) is 31.3 Å². The van der Waals surface area contributed by atoms with Crippen LogP contribution in [0.4, 0.5) is 0 Å². The van der Waals surface area contributed by atoms with Gasteiger partial charge in [-0.15, -0.1) is 0 Å². The molecule has 0 aliphatic carbocycles. The van der Waals surface area contributed by atoms with Gasteiger partial charge in [0.15, 0.2) is 0 Å². The zero-order chi connectivity index (χ0) is 18.4. The lowest BCUT2D eigenvalue weighted by molar-refractivity contribution is -0.308. The van der Waals surface area contributed by atoms with Gasteiger partial charge in [0.05, 0.1) is 18.1 Å². The first-order valence-corrected chi connectivity index (χ1v) is 7.44. The Bertz CT molecular complexity index is 779. The largest absolute Gasteiger partial charge is 0.548 e. The topological polar surface area (TPSA) is 191 Å². The minimum atomic E-state index is -1.40. The van der Waals surface area contributed by atoms with Crippen LogP contribution in [0.15, 0.2) is 30.5 Å². The van der Waals surface area contributed by atoms with E-state index in [1.54, 1.807) is 6.20 Å². The number of carbonyl (C=O) groups excluding carboxylic acids is 3. The number of carboxylic acids is 1. The summed E-state index contributed by atoms with van der Waals surface area (Å²) in [5.41, 5.74) is 8.63. The van der Waals surface area contributed by atoms with Crippen molar-refractivity contribution < 1.29 is 20.9 Å². The lowest BCUT2D eigenvalue weighted by atomic mass is 10.0. The average molecular weight is 350 g/mol. The Morgan fingerprint density at radius 3 is 2.68 bits per heavy atom. The Morgan fingerprint density at radius 1 is 1.32 bits per heavy atom. The van der Waals surface area contributed by atoms with Crippen LogP contribution in [0, 0.1) is 0 Å². The summed E-state index contributed by atoms with van der Waals surface area (Å²) in [6.45, 7) is 0. The number of carboxylic acid groups (broad SMARTS) is 1. The van der Waals surface area contributed by atoms with E-state index >= 15 is 0 Å². The van der Waals surface area contributed by atoms with Gasteiger partial charge in [-0.3, -0.25) is 9.59 Å². The average Bonchev–Trinajstić information content (AvgIpc) is 2.97. The highest BCUT2D eigenvalue weighted by Gasteiger charge is 2.18. The zero-order valence-electron chi connectivity index (χ0n) is 14.9. The molecule has 0 aliphatic heterocycles. The van der Waals surface area contributed by atoms with E-state index in [2.05, 4.69) is 10.3 Å². The Morgan fingerprint density at radius 2 is 2.04 bits per heavy atom. The van der Waals surface area contributed by atoms with E-state index in [0.717, 1.165) is 16.5 Å². The van der Waals surface area contributed by atoms with Crippen LogP contribution in [0.5, 0.6) is 0 Å². The molecule has 9 heteroatoms. The maximum absolute atomic E-state index is 11.9. The van der Waals surface area contributed by atoms with Gasteiger partial charge in [-0.25, -0.2) is 0 Å². The number of quaternary nitrogens is 1. The normalized spacial score (nSPS) is 13.4. The van der Waals surface area contributed by atoms with Gasteiger partial charge in [0.25, 0.3) is 0 Å². The maximum Gasteiger partial charge on any atom is 0.234 e. The van der Waals surface area contributed by atoms with Gasteiger partial charge >= 0.3 is 0 Å². The van der Waals surface area contributed by atoms with Crippen molar-refractivity contribution in [2.75, 3.05) is 0 Å². The quantitative estimate of drug-likeness (QED) is 0.383. The maximum atomic E-state index is 11.9. The number of amides is 2. The van der Waals surface area contributed by atoms with Gasteiger partial charge in [0.2, 0.25) is 11.8 Å². The molecular weight excluding hydrogens is 326 g/mol. The van der Waals surface area contributed by atoms with E-state index in [-0.39, 0.29) is 25.4 Å². The fourth-order valence-corrected chi connectivity index (χ4v) is 2.40. The minimum Gasteiger partial charge on any atom is -0.548 e. The van der Waals surface area contributed by atoms with Crippen molar-refractivity contribution in [3.63, 3.8) is 0 Å². The third-order valence-corrected chi connectivity index (χ3v) is 3.72. The molecule has 0 saturated carbocycles. The third kappa shape index (κ3) is 5.30. The van der Waals surface area contributed by atoms with E-state index in [0.29, 0.717) is 0 Å². The van der Waals surface area contributed by atoms with Crippen molar-refractivity contribution >= 4 is 28.7 Å². The smallest absolute Gasteiger partial charge is 0.234 e. The molecule has 0 spiro atoms. The molecule has 2 atom stereocenters. The number of H-pyrrole nitrogens is 1. The van der Waals surface area contributed by atoms with E-state index in [1.807, 2.05) is 30.0 Å². The van der Waals surface area contributed by atoms with Crippen LogP contribution in [-0.2, 0) is 20.8 Å². The molecule has 0 fully saturated rings. The predicted molar refractivity (Wildman–Crippen MR) is 91.3 cm³/mol. The summed E-state index contributed by atoms with van der Waals surface area (Å²) in [5.74, 6) is -2.71. The van der Waals surface area contributed by atoms with E-state index in [9.17, 15) is 19.5 Å². The minimum absolute atomic E-state index is 0. The molecular formula is C16H23N5O4. The van der Waals surface area contributed by atoms with Crippen molar-refractivity contribution in [3.05, 3.63) is 36.0 Å². The molecule has 0 unspecified atom stereocenters. The molecule has 0 radical (unpaired) electrons. The summed E-state index contributed by atoms with van der Waals surface area (Å²) in [6, 6.07) is 5.24. The molecule has 25 heavy (non-hydrogen) atoms. The third-order valence-electron chi connectivity index (χ3n) is 3.72. The molecule has 2 rings (SSSR count). The summed E-state index contributed by atoms with van der Waals surface area (Å²) in [6.07, 6.45) is 1.61. The molecule has 1 aromatic carbocycles. The van der Waals surface area contributed by atoms with Gasteiger partial charge in [0.1, 0.15) is 1.41 Å². The second-order valence-corrected chi connectivity index (χ2v) is 5.50. The molecule has 0 bridgehead atoms. The first kappa shape index (κ1) is 18.4. The van der Waals surface area contributed by atoms with Crippen LogP contribution in [0.1, 0.15) is 18.4 Å². The number of carbonyl (C=O) groups is 3. The van der Waals surface area contributed by atoms with E-state index in [4.69, 9.17) is 7.15 Å². The fourth-order valence-electron chi connectivity index (χ4n) is 2.40. The number of aliphatic carboxylic acids is 1. The predicted octanol–water partition coefficient (Wildman–Crippen LogP) is -1.09. The van der Waals surface area contributed by atoms with Crippen LogP contribution in [0.3, 0.4) is 0 Å². The Kier molecular flexibility index (Phi) is 6.49. The van der Waals surface area contributed by atoms with Crippen LogP contribution in [0.2, 0.25) is 1.41 Å². The molecule has 0 aliphatic rings. The highest BCUT2D eigenvalue weighted by Crippen LogP contribution is 2.19. The SMILES string of the molecule is [2H]N[C@@H](CCC(=O)N[C@@H](Cc1c[nH]c2ccccc12)C(=O)[O-])C(N)=O.[NH4+]. The van der Waals surface area contributed by atoms with E-state index in [1.165, 1.54) is 0 Å². The summed E-state index contributed by atoms with van der Waals surface area (Å²) in [4.78, 5) is 37.3. The standard InChI is InChI=1S/C16H20N4O4.H3N/c17-11(15(18)22)5-6-14(21)20-13(16(23)24)7-9-8-19-12-4-2-1-3-10(9)12;/h1-4,8,11,13,19H,5-7,17H2,(H2,18,22)(H,20,21)(H,23,24);1H3/t11-,13-;/m0./s1/i/hD. The van der Waals surface area contributed by atoms with Crippen molar-refractivity contribution in [1.29, 1.82) is 0 Å². The van der Waals surface area contributed by atoms with Gasteiger partial charge in [-0.2, -0.15) is 0 Å². The summed E-state index contributed by atoms with van der Waals surface area (Å²) in [7, 11) is 0. The number of aromatic amines is 1. The molecule has 10 N–H and O–H groups in total. The molecule has 0 saturated heterocycles. The fraction of sp³-hybridized carbons (Fsp3) is 0.312. The number of nitrogens with one attached hydrogen (secondary N) is 2. The monoisotopic (exact) mass is 350 g/mol. The molecule has 1 aromatic heterocycles. The van der Waals surface area contributed by atoms with Gasteiger partial charge in [-0.1, -0.05) is 18.2 Å². The Hall–Kier alpha value is -2.91. The highest BCUT2D eigenvalue weighted by atomic mass is 16.4. The molecule has 2 amide bonds. The molecule has 1 heterocycles. The van der Waals surface area contributed by atoms with Gasteiger partial charge in [0, 0.05) is 29.9 Å². The number of hydrogen-bond acceptors (Lipinski definition) is 5. The molecule has 2 aromatic rings. The van der Waals surface area contributed by atoms with Gasteiger partial charge in [-0.05, 0) is 18.1 Å². The number of para-hydroxylation sites is 1. The molecule has 9 nitrogen and oxygen atoms in total. The lowest BCUT2D eigenvalue weighted by Crippen LogP contribution is -2.49. The zero-order valence-corrected chi connectivity index (χ0v) is 13.9. The number of fused-ring (bicyclic) bond motifs is 1. The lowest BCUT2D eigenvalue weighted by Gasteiger charge is -2.20. The summed E-state index contributed by atoms with van der Waals surface area (Å²) < 4.78 is 6.96.